The predicted octanol–water partition coefficient (Wildman–Crippen LogP) is 4.23. The zero-order valence-corrected chi connectivity index (χ0v) is 12.2. The molecule has 2 heteroatoms. The first kappa shape index (κ1) is 13.0. The summed E-state index contributed by atoms with van der Waals surface area (Å²) in [6.07, 6.45) is 6.10. The van der Waals surface area contributed by atoms with Crippen molar-refractivity contribution in [3.05, 3.63) is 58.9 Å². The number of hydrogen-bond acceptors (Lipinski definition) is 1. The van der Waals surface area contributed by atoms with Crippen LogP contribution in [0.25, 0.3) is 11.1 Å². The van der Waals surface area contributed by atoms with Crippen LogP contribution in [-0.2, 0) is 19.4 Å². The molecule has 21 heavy (non-hydrogen) atoms. The van der Waals surface area contributed by atoms with Gasteiger partial charge in [0.05, 0.1) is 0 Å². The standard InChI is InChI=1S/C19H20FN/c20-19-9-6-16(11-17(19)12-21-18-7-8-18)15-5-4-13-2-1-3-14(13)10-15/h4-6,9-11,18,21H,1-3,7-8,12H2. The van der Waals surface area contributed by atoms with Crippen LogP contribution >= 0.6 is 0 Å². The van der Waals surface area contributed by atoms with Crippen LogP contribution in [0.4, 0.5) is 4.39 Å². The van der Waals surface area contributed by atoms with Gasteiger partial charge in [0.15, 0.2) is 0 Å². The first-order valence-corrected chi connectivity index (χ1v) is 7.93. The maximum absolute atomic E-state index is 13.9. The van der Waals surface area contributed by atoms with Gasteiger partial charge in [0, 0.05) is 18.2 Å². The Kier molecular flexibility index (Phi) is 3.27. The molecule has 2 aromatic rings. The van der Waals surface area contributed by atoms with E-state index in [1.54, 1.807) is 6.07 Å². The minimum absolute atomic E-state index is 0.104. The lowest BCUT2D eigenvalue weighted by Gasteiger charge is -2.09. The summed E-state index contributed by atoms with van der Waals surface area (Å²) in [6, 6.07) is 12.8. The maximum Gasteiger partial charge on any atom is 0.127 e. The Labute approximate surface area is 125 Å². The van der Waals surface area contributed by atoms with Gasteiger partial charge in [-0.1, -0.05) is 24.3 Å². The molecule has 1 fully saturated rings. The summed E-state index contributed by atoms with van der Waals surface area (Å²) in [4.78, 5) is 0. The van der Waals surface area contributed by atoms with Crippen LogP contribution in [0.3, 0.4) is 0 Å². The van der Waals surface area contributed by atoms with Crippen LogP contribution in [0.2, 0.25) is 0 Å². The molecule has 0 aliphatic heterocycles. The summed E-state index contributed by atoms with van der Waals surface area (Å²) in [5.41, 5.74) is 6.06. The van der Waals surface area contributed by atoms with Gasteiger partial charge in [0.1, 0.15) is 5.82 Å². The fourth-order valence-corrected chi connectivity index (χ4v) is 3.18. The SMILES string of the molecule is Fc1ccc(-c2ccc3c(c2)CCC3)cc1CNC1CC1. The van der Waals surface area contributed by atoms with Crippen LogP contribution < -0.4 is 5.32 Å². The topological polar surface area (TPSA) is 12.0 Å². The molecule has 2 aromatic carbocycles. The third-order valence-corrected chi connectivity index (χ3v) is 4.64. The molecule has 1 N–H and O–H groups in total. The van der Waals surface area contributed by atoms with E-state index in [1.807, 2.05) is 12.1 Å². The Morgan fingerprint density at radius 3 is 2.57 bits per heavy atom. The van der Waals surface area contributed by atoms with Crippen LogP contribution in [0, 0.1) is 5.82 Å². The molecule has 0 amide bonds. The van der Waals surface area contributed by atoms with E-state index in [0.29, 0.717) is 12.6 Å². The number of fused-ring (bicyclic) bond motifs is 1. The lowest BCUT2D eigenvalue weighted by molar-refractivity contribution is 0.587. The third kappa shape index (κ3) is 2.73. The smallest absolute Gasteiger partial charge is 0.127 e. The van der Waals surface area contributed by atoms with E-state index in [2.05, 4.69) is 23.5 Å². The monoisotopic (exact) mass is 281 g/mol. The first-order chi connectivity index (χ1) is 10.3. The second-order valence-electron chi connectivity index (χ2n) is 6.30. The van der Waals surface area contributed by atoms with E-state index in [9.17, 15) is 4.39 Å². The van der Waals surface area contributed by atoms with Crippen molar-refractivity contribution in [2.24, 2.45) is 0 Å². The van der Waals surface area contributed by atoms with E-state index in [4.69, 9.17) is 0 Å². The van der Waals surface area contributed by atoms with E-state index >= 15 is 0 Å². The first-order valence-electron chi connectivity index (χ1n) is 7.93. The highest BCUT2D eigenvalue weighted by atomic mass is 19.1. The lowest BCUT2D eigenvalue weighted by Crippen LogP contribution is -2.16. The second-order valence-corrected chi connectivity index (χ2v) is 6.30. The Hall–Kier alpha value is -1.67. The molecule has 0 unspecified atom stereocenters. The molecule has 0 atom stereocenters. The number of benzene rings is 2. The number of halogens is 1. The molecule has 0 spiro atoms. The van der Waals surface area contributed by atoms with Gasteiger partial charge in [0.2, 0.25) is 0 Å². The normalized spacial score (nSPS) is 17.0. The number of hydrogen-bond donors (Lipinski definition) is 1. The summed E-state index contributed by atoms with van der Waals surface area (Å²) in [5.74, 6) is -0.104. The van der Waals surface area contributed by atoms with E-state index in [-0.39, 0.29) is 5.82 Å². The Bertz CT molecular complexity index is 673. The van der Waals surface area contributed by atoms with Gasteiger partial charge in [-0.25, -0.2) is 4.39 Å². The number of rotatable bonds is 4. The summed E-state index contributed by atoms with van der Waals surface area (Å²) in [5, 5.41) is 3.39. The lowest BCUT2D eigenvalue weighted by atomic mass is 9.99. The van der Waals surface area contributed by atoms with Gasteiger partial charge in [-0.05, 0) is 66.5 Å². The van der Waals surface area contributed by atoms with Crippen LogP contribution in [0.15, 0.2) is 36.4 Å². The minimum atomic E-state index is -0.104. The van der Waals surface area contributed by atoms with Crippen molar-refractivity contribution in [3.8, 4) is 11.1 Å². The molecule has 0 radical (unpaired) electrons. The highest BCUT2D eigenvalue weighted by molar-refractivity contribution is 5.66. The molecular weight excluding hydrogens is 261 g/mol. The van der Waals surface area contributed by atoms with Gasteiger partial charge in [-0.3, -0.25) is 0 Å². The molecule has 4 rings (SSSR count). The average Bonchev–Trinajstić information content (AvgIpc) is 3.21. The molecule has 1 saturated carbocycles. The van der Waals surface area contributed by atoms with Gasteiger partial charge < -0.3 is 5.32 Å². The summed E-state index contributed by atoms with van der Waals surface area (Å²) in [6.45, 7) is 0.634. The van der Waals surface area contributed by atoms with Crippen molar-refractivity contribution < 1.29 is 4.39 Å². The molecule has 2 aliphatic carbocycles. The summed E-state index contributed by atoms with van der Waals surface area (Å²) >= 11 is 0. The van der Waals surface area contributed by atoms with Gasteiger partial charge in [-0.15, -0.1) is 0 Å². The molecule has 0 heterocycles. The maximum atomic E-state index is 13.9. The van der Waals surface area contributed by atoms with Crippen molar-refractivity contribution in [2.45, 2.75) is 44.7 Å². The van der Waals surface area contributed by atoms with Crippen molar-refractivity contribution in [2.75, 3.05) is 0 Å². The summed E-state index contributed by atoms with van der Waals surface area (Å²) < 4.78 is 13.9. The largest absolute Gasteiger partial charge is 0.310 e. The van der Waals surface area contributed by atoms with Gasteiger partial charge in [0.25, 0.3) is 0 Å². The average molecular weight is 281 g/mol. The molecule has 0 saturated heterocycles. The van der Waals surface area contributed by atoms with Gasteiger partial charge in [-0.2, -0.15) is 0 Å². The number of nitrogens with one attached hydrogen (secondary N) is 1. The van der Waals surface area contributed by atoms with Gasteiger partial charge >= 0.3 is 0 Å². The van der Waals surface area contributed by atoms with E-state index < -0.39 is 0 Å². The Morgan fingerprint density at radius 1 is 0.952 bits per heavy atom. The molecule has 1 nitrogen and oxygen atoms in total. The predicted molar refractivity (Wildman–Crippen MR) is 83.7 cm³/mol. The molecule has 0 bridgehead atoms. The number of aryl methyl sites for hydroxylation is 2. The molecular formula is C19H20FN. The quantitative estimate of drug-likeness (QED) is 0.884. The third-order valence-electron chi connectivity index (χ3n) is 4.64. The van der Waals surface area contributed by atoms with Crippen LogP contribution in [0.5, 0.6) is 0 Å². The summed E-state index contributed by atoms with van der Waals surface area (Å²) in [7, 11) is 0. The zero-order chi connectivity index (χ0) is 14.2. The highest BCUT2D eigenvalue weighted by Crippen LogP contribution is 2.29. The minimum Gasteiger partial charge on any atom is -0.310 e. The van der Waals surface area contributed by atoms with Crippen molar-refractivity contribution in [1.82, 2.24) is 5.32 Å². The second kappa shape index (κ2) is 5.27. The fraction of sp³-hybridized carbons (Fsp3) is 0.368. The molecule has 108 valence electrons. The highest BCUT2D eigenvalue weighted by Gasteiger charge is 2.20. The van der Waals surface area contributed by atoms with Crippen molar-refractivity contribution >= 4 is 0 Å². The Morgan fingerprint density at radius 2 is 1.71 bits per heavy atom. The Balaban J connectivity index is 1.63. The fourth-order valence-electron chi connectivity index (χ4n) is 3.18. The molecule has 2 aliphatic rings. The van der Waals surface area contributed by atoms with Crippen LogP contribution in [0.1, 0.15) is 36.0 Å². The van der Waals surface area contributed by atoms with E-state index in [1.165, 1.54) is 48.8 Å². The van der Waals surface area contributed by atoms with E-state index in [0.717, 1.165) is 11.1 Å². The van der Waals surface area contributed by atoms with Crippen molar-refractivity contribution in [1.29, 1.82) is 0 Å². The molecule has 0 aromatic heterocycles. The van der Waals surface area contributed by atoms with Crippen LogP contribution in [-0.4, -0.2) is 6.04 Å². The van der Waals surface area contributed by atoms with Crippen molar-refractivity contribution in [3.63, 3.8) is 0 Å². The zero-order valence-electron chi connectivity index (χ0n) is 12.2.